The van der Waals surface area contributed by atoms with Gasteiger partial charge in [0.05, 0.1) is 5.60 Å². The maximum atomic E-state index is 10.4. The quantitative estimate of drug-likeness (QED) is 0.805. The molecule has 1 aliphatic rings. The van der Waals surface area contributed by atoms with Gasteiger partial charge in [0.25, 0.3) is 0 Å². The Bertz CT molecular complexity index is 321. The number of halogens is 1. The molecule has 2 rings (SSSR count). The lowest BCUT2D eigenvalue weighted by Gasteiger charge is -2.33. The normalized spacial score (nSPS) is 20.7. The standard InChI is InChI=1S/C11H14BrNO/c12-10-3-1-2-9(8-10)11(14)4-6-13-7-5-11/h1-3,8,13-14H,4-7H2. The number of hydrogen-bond acceptors (Lipinski definition) is 2. The lowest BCUT2D eigenvalue weighted by molar-refractivity contribution is 0.00589. The van der Waals surface area contributed by atoms with Crippen molar-refractivity contribution in [1.29, 1.82) is 0 Å². The van der Waals surface area contributed by atoms with E-state index in [1.807, 2.05) is 24.3 Å². The summed E-state index contributed by atoms with van der Waals surface area (Å²) in [6.07, 6.45) is 1.59. The Morgan fingerprint density at radius 3 is 2.64 bits per heavy atom. The van der Waals surface area contributed by atoms with E-state index in [-0.39, 0.29) is 0 Å². The number of rotatable bonds is 1. The molecular formula is C11H14BrNO. The maximum Gasteiger partial charge on any atom is 0.0921 e. The summed E-state index contributed by atoms with van der Waals surface area (Å²) in [5.41, 5.74) is 0.392. The Kier molecular flexibility index (Phi) is 2.91. The molecule has 1 aromatic rings. The van der Waals surface area contributed by atoms with Crippen molar-refractivity contribution in [3.8, 4) is 0 Å². The van der Waals surface area contributed by atoms with Gasteiger partial charge in [0.15, 0.2) is 0 Å². The Hall–Kier alpha value is -0.380. The molecule has 1 aromatic carbocycles. The van der Waals surface area contributed by atoms with Gasteiger partial charge in [-0.3, -0.25) is 0 Å². The Morgan fingerprint density at radius 2 is 2.00 bits per heavy atom. The first-order valence-electron chi connectivity index (χ1n) is 4.90. The van der Waals surface area contributed by atoms with E-state index < -0.39 is 5.60 Å². The molecule has 1 saturated heterocycles. The van der Waals surface area contributed by atoms with Crippen molar-refractivity contribution in [2.24, 2.45) is 0 Å². The molecule has 1 aliphatic heterocycles. The molecule has 0 bridgehead atoms. The number of hydrogen-bond donors (Lipinski definition) is 2. The average molecular weight is 256 g/mol. The van der Waals surface area contributed by atoms with E-state index in [9.17, 15) is 5.11 Å². The van der Waals surface area contributed by atoms with Crippen molar-refractivity contribution in [3.05, 3.63) is 34.3 Å². The smallest absolute Gasteiger partial charge is 0.0921 e. The van der Waals surface area contributed by atoms with Gasteiger partial charge in [0, 0.05) is 4.47 Å². The second kappa shape index (κ2) is 4.01. The van der Waals surface area contributed by atoms with Crippen LogP contribution in [-0.4, -0.2) is 18.2 Å². The second-order valence-corrected chi connectivity index (χ2v) is 4.71. The van der Waals surface area contributed by atoms with E-state index >= 15 is 0 Å². The SMILES string of the molecule is OC1(c2cccc(Br)c2)CCNCC1. The molecule has 2 N–H and O–H groups in total. The third-order valence-corrected chi connectivity index (χ3v) is 3.29. The molecule has 2 nitrogen and oxygen atoms in total. The van der Waals surface area contributed by atoms with Crippen LogP contribution in [0.25, 0.3) is 0 Å². The van der Waals surface area contributed by atoms with Crippen LogP contribution in [0.5, 0.6) is 0 Å². The predicted octanol–water partition coefficient (Wildman–Crippen LogP) is 2.02. The van der Waals surface area contributed by atoms with Crippen LogP contribution in [0, 0.1) is 0 Å². The van der Waals surface area contributed by atoms with Crippen LogP contribution in [0.2, 0.25) is 0 Å². The highest BCUT2D eigenvalue weighted by Gasteiger charge is 2.30. The van der Waals surface area contributed by atoms with Gasteiger partial charge in [-0.05, 0) is 43.6 Å². The summed E-state index contributed by atoms with van der Waals surface area (Å²) in [5.74, 6) is 0. The first-order valence-corrected chi connectivity index (χ1v) is 5.69. The highest BCUT2D eigenvalue weighted by atomic mass is 79.9. The van der Waals surface area contributed by atoms with Gasteiger partial charge >= 0.3 is 0 Å². The monoisotopic (exact) mass is 255 g/mol. The Labute approximate surface area is 92.5 Å². The average Bonchev–Trinajstić information content (AvgIpc) is 2.19. The molecule has 3 heteroatoms. The molecule has 1 fully saturated rings. The fourth-order valence-corrected chi connectivity index (χ4v) is 2.31. The number of benzene rings is 1. The van der Waals surface area contributed by atoms with Crippen LogP contribution in [-0.2, 0) is 5.60 Å². The Morgan fingerprint density at radius 1 is 1.29 bits per heavy atom. The summed E-state index contributed by atoms with van der Waals surface area (Å²) in [6.45, 7) is 1.78. The highest BCUT2D eigenvalue weighted by molar-refractivity contribution is 9.10. The van der Waals surface area contributed by atoms with Gasteiger partial charge in [0.1, 0.15) is 0 Å². The molecule has 0 atom stereocenters. The van der Waals surface area contributed by atoms with E-state index in [0.717, 1.165) is 36.0 Å². The van der Waals surface area contributed by atoms with Gasteiger partial charge in [-0.1, -0.05) is 28.1 Å². The van der Waals surface area contributed by atoms with Crippen molar-refractivity contribution in [2.45, 2.75) is 18.4 Å². The summed E-state index contributed by atoms with van der Waals surface area (Å²) in [6, 6.07) is 7.95. The van der Waals surface area contributed by atoms with Crippen LogP contribution in [0.3, 0.4) is 0 Å². The molecule has 0 unspecified atom stereocenters. The highest BCUT2D eigenvalue weighted by Crippen LogP contribution is 2.31. The maximum absolute atomic E-state index is 10.4. The van der Waals surface area contributed by atoms with Crippen LogP contribution in [0.1, 0.15) is 18.4 Å². The lowest BCUT2D eigenvalue weighted by Crippen LogP contribution is -2.39. The molecule has 0 aromatic heterocycles. The van der Waals surface area contributed by atoms with Crippen molar-refractivity contribution in [1.82, 2.24) is 5.32 Å². The van der Waals surface area contributed by atoms with Gasteiger partial charge in [-0.15, -0.1) is 0 Å². The molecule has 14 heavy (non-hydrogen) atoms. The molecule has 76 valence electrons. The van der Waals surface area contributed by atoms with Crippen molar-refractivity contribution >= 4 is 15.9 Å². The van der Waals surface area contributed by atoms with Crippen LogP contribution < -0.4 is 5.32 Å². The topological polar surface area (TPSA) is 32.3 Å². The molecule has 0 radical (unpaired) electrons. The zero-order chi connectivity index (χ0) is 10.0. The predicted molar refractivity (Wildman–Crippen MR) is 60.1 cm³/mol. The van der Waals surface area contributed by atoms with Gasteiger partial charge in [0.2, 0.25) is 0 Å². The van der Waals surface area contributed by atoms with E-state index in [0.29, 0.717) is 0 Å². The van der Waals surface area contributed by atoms with Gasteiger partial charge in [-0.2, -0.15) is 0 Å². The molecule has 0 saturated carbocycles. The number of aliphatic hydroxyl groups is 1. The fourth-order valence-electron chi connectivity index (χ4n) is 1.91. The molecule has 0 amide bonds. The number of piperidine rings is 1. The lowest BCUT2D eigenvalue weighted by atomic mass is 9.85. The zero-order valence-electron chi connectivity index (χ0n) is 7.96. The first kappa shape index (κ1) is 10.1. The van der Waals surface area contributed by atoms with Crippen molar-refractivity contribution in [2.75, 3.05) is 13.1 Å². The minimum Gasteiger partial charge on any atom is -0.385 e. The third kappa shape index (κ3) is 2.00. The van der Waals surface area contributed by atoms with Crippen molar-refractivity contribution < 1.29 is 5.11 Å². The largest absolute Gasteiger partial charge is 0.385 e. The third-order valence-electron chi connectivity index (χ3n) is 2.79. The van der Waals surface area contributed by atoms with Crippen LogP contribution in [0.4, 0.5) is 0 Å². The van der Waals surface area contributed by atoms with E-state index in [1.165, 1.54) is 0 Å². The summed E-state index contributed by atoms with van der Waals surface area (Å²) >= 11 is 3.43. The summed E-state index contributed by atoms with van der Waals surface area (Å²) in [4.78, 5) is 0. The summed E-state index contributed by atoms with van der Waals surface area (Å²) < 4.78 is 1.03. The Balaban J connectivity index is 2.28. The van der Waals surface area contributed by atoms with Gasteiger partial charge < -0.3 is 10.4 Å². The van der Waals surface area contributed by atoms with Crippen LogP contribution >= 0.6 is 15.9 Å². The fraction of sp³-hybridized carbons (Fsp3) is 0.455. The summed E-state index contributed by atoms with van der Waals surface area (Å²) in [5, 5.41) is 13.7. The van der Waals surface area contributed by atoms with E-state index in [4.69, 9.17) is 0 Å². The van der Waals surface area contributed by atoms with E-state index in [2.05, 4.69) is 21.2 Å². The minimum atomic E-state index is -0.630. The second-order valence-electron chi connectivity index (χ2n) is 3.79. The molecule has 1 heterocycles. The summed E-state index contributed by atoms with van der Waals surface area (Å²) in [7, 11) is 0. The van der Waals surface area contributed by atoms with Crippen LogP contribution in [0.15, 0.2) is 28.7 Å². The molecular weight excluding hydrogens is 242 g/mol. The van der Waals surface area contributed by atoms with E-state index in [1.54, 1.807) is 0 Å². The number of nitrogens with one attached hydrogen (secondary N) is 1. The van der Waals surface area contributed by atoms with Crippen molar-refractivity contribution in [3.63, 3.8) is 0 Å². The first-order chi connectivity index (χ1) is 6.71. The molecule has 0 aliphatic carbocycles. The molecule has 0 spiro atoms. The minimum absolute atomic E-state index is 0.630. The van der Waals surface area contributed by atoms with Gasteiger partial charge in [-0.25, -0.2) is 0 Å². The zero-order valence-corrected chi connectivity index (χ0v) is 9.55.